The summed E-state index contributed by atoms with van der Waals surface area (Å²) in [6, 6.07) is 4.55. The highest BCUT2D eigenvalue weighted by molar-refractivity contribution is 5.48. The number of hydrogen-bond donors (Lipinski definition) is 1. The van der Waals surface area contributed by atoms with Crippen molar-refractivity contribution >= 4 is 5.82 Å². The molecule has 4 heteroatoms. The quantitative estimate of drug-likeness (QED) is 0.795. The Balaban J connectivity index is 2.27. The SMILES string of the molecule is COC(OC)c1ccc2c(n1)N[C@H](C)CC2. The van der Waals surface area contributed by atoms with Crippen LogP contribution in [-0.4, -0.2) is 25.2 Å². The number of hydrogen-bond acceptors (Lipinski definition) is 4. The fourth-order valence-electron chi connectivity index (χ4n) is 1.98. The van der Waals surface area contributed by atoms with Gasteiger partial charge in [-0.15, -0.1) is 0 Å². The molecule has 0 aromatic carbocycles. The van der Waals surface area contributed by atoms with Crippen molar-refractivity contribution < 1.29 is 9.47 Å². The fraction of sp³-hybridized carbons (Fsp3) is 0.583. The van der Waals surface area contributed by atoms with Crippen molar-refractivity contribution in [3.05, 3.63) is 23.4 Å². The first-order valence-corrected chi connectivity index (χ1v) is 5.56. The fourth-order valence-corrected chi connectivity index (χ4v) is 1.98. The van der Waals surface area contributed by atoms with Gasteiger partial charge in [0.15, 0.2) is 0 Å². The molecular formula is C12H18N2O2. The van der Waals surface area contributed by atoms with Crippen LogP contribution >= 0.6 is 0 Å². The van der Waals surface area contributed by atoms with E-state index in [2.05, 4.69) is 23.3 Å². The van der Waals surface area contributed by atoms with E-state index in [4.69, 9.17) is 9.47 Å². The predicted molar refractivity (Wildman–Crippen MR) is 62.4 cm³/mol. The maximum atomic E-state index is 5.19. The second kappa shape index (κ2) is 4.80. The van der Waals surface area contributed by atoms with Gasteiger partial charge in [-0.1, -0.05) is 6.07 Å². The Labute approximate surface area is 96.0 Å². The molecule has 1 N–H and O–H groups in total. The van der Waals surface area contributed by atoms with Gasteiger partial charge in [0.1, 0.15) is 5.82 Å². The van der Waals surface area contributed by atoms with Gasteiger partial charge in [0.2, 0.25) is 6.29 Å². The van der Waals surface area contributed by atoms with Crippen molar-refractivity contribution in [3.63, 3.8) is 0 Å². The zero-order valence-corrected chi connectivity index (χ0v) is 9.99. The van der Waals surface area contributed by atoms with E-state index in [1.807, 2.05) is 6.07 Å². The number of rotatable bonds is 3. The van der Waals surface area contributed by atoms with Gasteiger partial charge < -0.3 is 14.8 Å². The summed E-state index contributed by atoms with van der Waals surface area (Å²) in [4.78, 5) is 4.54. The molecule has 1 aromatic rings. The number of nitrogens with zero attached hydrogens (tertiary/aromatic N) is 1. The van der Waals surface area contributed by atoms with E-state index in [-0.39, 0.29) is 6.29 Å². The highest BCUT2D eigenvalue weighted by Gasteiger charge is 2.18. The molecule has 0 aliphatic carbocycles. The smallest absolute Gasteiger partial charge is 0.200 e. The summed E-state index contributed by atoms with van der Waals surface area (Å²) in [5, 5.41) is 3.38. The first kappa shape index (κ1) is 11.4. The summed E-state index contributed by atoms with van der Waals surface area (Å²) >= 11 is 0. The first-order valence-electron chi connectivity index (χ1n) is 5.56. The van der Waals surface area contributed by atoms with Crippen LogP contribution in [0.15, 0.2) is 12.1 Å². The third kappa shape index (κ3) is 2.18. The van der Waals surface area contributed by atoms with Crippen LogP contribution in [0.3, 0.4) is 0 Å². The first-order chi connectivity index (χ1) is 7.74. The largest absolute Gasteiger partial charge is 0.367 e. The van der Waals surface area contributed by atoms with Crippen molar-refractivity contribution in [3.8, 4) is 0 Å². The molecule has 0 saturated heterocycles. The van der Waals surface area contributed by atoms with Crippen molar-refractivity contribution in [2.24, 2.45) is 0 Å². The summed E-state index contributed by atoms with van der Waals surface area (Å²) in [6.07, 6.45) is 1.86. The molecule has 16 heavy (non-hydrogen) atoms. The number of anilines is 1. The van der Waals surface area contributed by atoms with E-state index in [9.17, 15) is 0 Å². The van der Waals surface area contributed by atoms with Crippen LogP contribution in [-0.2, 0) is 15.9 Å². The van der Waals surface area contributed by atoms with Gasteiger partial charge in [-0.25, -0.2) is 4.98 Å². The molecule has 1 aliphatic heterocycles. The third-order valence-corrected chi connectivity index (χ3v) is 2.90. The Hall–Kier alpha value is -1.13. The van der Waals surface area contributed by atoms with Crippen LogP contribution in [0.1, 0.15) is 30.9 Å². The van der Waals surface area contributed by atoms with Crippen molar-refractivity contribution in [2.45, 2.75) is 32.1 Å². The van der Waals surface area contributed by atoms with Gasteiger partial charge in [-0.05, 0) is 31.4 Å². The zero-order chi connectivity index (χ0) is 11.5. The second-order valence-electron chi connectivity index (χ2n) is 4.13. The summed E-state index contributed by atoms with van der Waals surface area (Å²) in [5.41, 5.74) is 2.08. The van der Waals surface area contributed by atoms with Crippen LogP contribution in [0.5, 0.6) is 0 Å². The number of nitrogens with one attached hydrogen (secondary N) is 1. The second-order valence-corrected chi connectivity index (χ2v) is 4.13. The molecule has 1 atom stereocenters. The predicted octanol–water partition coefficient (Wildman–Crippen LogP) is 2.12. The number of aromatic nitrogens is 1. The minimum atomic E-state index is -0.385. The number of aryl methyl sites for hydroxylation is 1. The summed E-state index contributed by atoms with van der Waals surface area (Å²) in [6.45, 7) is 2.17. The average Bonchev–Trinajstić information content (AvgIpc) is 2.30. The van der Waals surface area contributed by atoms with Gasteiger partial charge in [0, 0.05) is 20.3 Å². The van der Waals surface area contributed by atoms with Gasteiger partial charge in [-0.3, -0.25) is 0 Å². The molecule has 0 bridgehead atoms. The zero-order valence-electron chi connectivity index (χ0n) is 9.99. The number of methoxy groups -OCH3 is 2. The lowest BCUT2D eigenvalue weighted by Crippen LogP contribution is -2.23. The normalized spacial score (nSPS) is 19.4. The van der Waals surface area contributed by atoms with E-state index in [1.165, 1.54) is 5.56 Å². The van der Waals surface area contributed by atoms with E-state index < -0.39 is 0 Å². The van der Waals surface area contributed by atoms with Crippen LogP contribution < -0.4 is 5.32 Å². The Morgan fingerprint density at radius 1 is 1.38 bits per heavy atom. The van der Waals surface area contributed by atoms with Crippen LogP contribution in [0.4, 0.5) is 5.82 Å². The van der Waals surface area contributed by atoms with E-state index >= 15 is 0 Å². The molecule has 0 spiro atoms. The minimum absolute atomic E-state index is 0.385. The van der Waals surface area contributed by atoms with Crippen molar-refractivity contribution in [2.75, 3.05) is 19.5 Å². The van der Waals surface area contributed by atoms with Crippen molar-refractivity contribution in [1.29, 1.82) is 0 Å². The summed E-state index contributed by atoms with van der Waals surface area (Å²) in [5.74, 6) is 0.968. The Morgan fingerprint density at radius 2 is 2.12 bits per heavy atom. The van der Waals surface area contributed by atoms with E-state index in [0.29, 0.717) is 6.04 Å². The third-order valence-electron chi connectivity index (χ3n) is 2.90. The maximum absolute atomic E-state index is 5.19. The molecule has 4 nitrogen and oxygen atoms in total. The van der Waals surface area contributed by atoms with Gasteiger partial charge in [0.05, 0.1) is 5.69 Å². The molecule has 88 valence electrons. The molecule has 0 fully saturated rings. The maximum Gasteiger partial charge on any atom is 0.200 e. The molecule has 0 amide bonds. The van der Waals surface area contributed by atoms with Crippen LogP contribution in [0.2, 0.25) is 0 Å². The van der Waals surface area contributed by atoms with Gasteiger partial charge in [0.25, 0.3) is 0 Å². The van der Waals surface area contributed by atoms with Crippen molar-refractivity contribution in [1.82, 2.24) is 4.98 Å². The molecular weight excluding hydrogens is 204 g/mol. The lowest BCUT2D eigenvalue weighted by atomic mass is 10.0. The summed E-state index contributed by atoms with van der Waals surface area (Å²) in [7, 11) is 3.23. The van der Waals surface area contributed by atoms with E-state index in [1.54, 1.807) is 14.2 Å². The topological polar surface area (TPSA) is 43.4 Å². The highest BCUT2D eigenvalue weighted by Crippen LogP contribution is 2.25. The molecule has 1 aliphatic rings. The molecule has 0 radical (unpaired) electrons. The Morgan fingerprint density at radius 3 is 2.81 bits per heavy atom. The molecule has 1 aromatic heterocycles. The Bertz CT molecular complexity index is 364. The highest BCUT2D eigenvalue weighted by atomic mass is 16.7. The molecule has 2 heterocycles. The number of pyridine rings is 1. The minimum Gasteiger partial charge on any atom is -0.367 e. The van der Waals surface area contributed by atoms with Gasteiger partial charge in [-0.2, -0.15) is 0 Å². The van der Waals surface area contributed by atoms with Crippen LogP contribution in [0, 0.1) is 0 Å². The lowest BCUT2D eigenvalue weighted by molar-refractivity contribution is -0.108. The molecule has 0 saturated carbocycles. The lowest BCUT2D eigenvalue weighted by Gasteiger charge is -2.24. The summed E-state index contributed by atoms with van der Waals surface area (Å²) < 4.78 is 10.4. The average molecular weight is 222 g/mol. The van der Waals surface area contributed by atoms with E-state index in [0.717, 1.165) is 24.4 Å². The number of ether oxygens (including phenoxy) is 2. The monoisotopic (exact) mass is 222 g/mol. The molecule has 0 unspecified atom stereocenters. The molecule has 2 rings (SSSR count). The Kier molecular flexibility index (Phi) is 3.41. The number of fused-ring (bicyclic) bond motifs is 1. The van der Waals surface area contributed by atoms with Gasteiger partial charge >= 0.3 is 0 Å². The standard InChI is InChI=1S/C12H18N2O2/c1-8-4-5-9-6-7-10(12(15-2)16-3)14-11(9)13-8/h6-8,12H,4-5H2,1-3H3,(H,13,14)/t8-/m1/s1. The van der Waals surface area contributed by atoms with Crippen LogP contribution in [0.25, 0.3) is 0 Å².